The van der Waals surface area contributed by atoms with Crippen LogP contribution in [0, 0.1) is 12.7 Å². The van der Waals surface area contributed by atoms with Crippen LogP contribution in [-0.2, 0) is 16.6 Å². The predicted octanol–water partition coefficient (Wildman–Crippen LogP) is 2.39. The highest BCUT2D eigenvalue weighted by molar-refractivity contribution is 7.92. The molecular weight excluding hydrogens is 279 g/mol. The van der Waals surface area contributed by atoms with E-state index in [4.69, 9.17) is 5.73 Å². The Morgan fingerprint density at radius 3 is 2.60 bits per heavy atom. The standard InChI is InChI=1S/C14H15FN2O2S/c1-10-7-12(5-6-14(10)15)17-20(18,19)13-4-2-3-11(8-13)9-16/h2-8,17H,9,16H2,1H3. The second-order valence-corrected chi connectivity index (χ2v) is 6.10. The molecule has 0 atom stereocenters. The molecule has 0 saturated carbocycles. The third-order valence-electron chi connectivity index (χ3n) is 2.85. The Kier molecular flexibility index (Phi) is 4.06. The summed E-state index contributed by atoms with van der Waals surface area (Å²) in [5.41, 5.74) is 6.92. The number of nitrogens with two attached hydrogens (primary N) is 1. The third-order valence-corrected chi connectivity index (χ3v) is 4.23. The topological polar surface area (TPSA) is 72.2 Å². The summed E-state index contributed by atoms with van der Waals surface area (Å²) in [6.07, 6.45) is 0. The second kappa shape index (κ2) is 5.60. The van der Waals surface area contributed by atoms with Crippen LogP contribution in [0.3, 0.4) is 0 Å². The summed E-state index contributed by atoms with van der Waals surface area (Å²) in [5.74, 6) is -0.377. The molecule has 2 aromatic rings. The molecule has 3 N–H and O–H groups in total. The van der Waals surface area contributed by atoms with Crippen molar-refractivity contribution in [2.75, 3.05) is 4.72 Å². The molecule has 106 valence electrons. The Bertz CT molecular complexity index is 730. The van der Waals surface area contributed by atoms with Crippen LogP contribution in [0.25, 0.3) is 0 Å². The molecule has 20 heavy (non-hydrogen) atoms. The van der Waals surface area contributed by atoms with Gasteiger partial charge in [-0.1, -0.05) is 12.1 Å². The summed E-state index contributed by atoms with van der Waals surface area (Å²) >= 11 is 0. The molecule has 0 aliphatic rings. The van der Waals surface area contributed by atoms with Crippen molar-refractivity contribution in [1.29, 1.82) is 0 Å². The third kappa shape index (κ3) is 3.15. The lowest BCUT2D eigenvalue weighted by molar-refractivity contribution is 0.600. The van der Waals surface area contributed by atoms with Gasteiger partial charge in [0.25, 0.3) is 10.0 Å². The molecule has 0 saturated heterocycles. The average molecular weight is 294 g/mol. The lowest BCUT2D eigenvalue weighted by Crippen LogP contribution is -2.13. The van der Waals surface area contributed by atoms with Gasteiger partial charge in [-0.05, 0) is 48.4 Å². The molecule has 0 amide bonds. The van der Waals surface area contributed by atoms with Gasteiger partial charge in [0.1, 0.15) is 5.82 Å². The van der Waals surface area contributed by atoms with E-state index >= 15 is 0 Å². The maximum atomic E-state index is 13.2. The van der Waals surface area contributed by atoms with Crippen molar-refractivity contribution in [2.45, 2.75) is 18.4 Å². The van der Waals surface area contributed by atoms with E-state index in [1.165, 1.54) is 30.3 Å². The summed E-state index contributed by atoms with van der Waals surface area (Å²) in [6, 6.07) is 10.4. The molecule has 0 aliphatic carbocycles. The molecule has 0 fully saturated rings. The van der Waals surface area contributed by atoms with Gasteiger partial charge in [0.2, 0.25) is 0 Å². The summed E-state index contributed by atoms with van der Waals surface area (Å²) in [7, 11) is -3.70. The maximum absolute atomic E-state index is 13.2. The molecule has 2 aromatic carbocycles. The van der Waals surface area contributed by atoms with Crippen molar-refractivity contribution in [2.24, 2.45) is 5.73 Å². The monoisotopic (exact) mass is 294 g/mol. The first kappa shape index (κ1) is 14.5. The van der Waals surface area contributed by atoms with Crippen molar-refractivity contribution in [3.8, 4) is 0 Å². The number of aryl methyl sites for hydroxylation is 1. The minimum absolute atomic E-state index is 0.127. The second-order valence-electron chi connectivity index (χ2n) is 4.42. The Morgan fingerprint density at radius 1 is 1.20 bits per heavy atom. The largest absolute Gasteiger partial charge is 0.326 e. The Balaban J connectivity index is 2.32. The molecule has 0 spiro atoms. The van der Waals surface area contributed by atoms with E-state index in [-0.39, 0.29) is 17.3 Å². The van der Waals surface area contributed by atoms with E-state index in [0.29, 0.717) is 11.3 Å². The molecule has 2 rings (SSSR count). The highest BCUT2D eigenvalue weighted by Crippen LogP contribution is 2.19. The minimum atomic E-state index is -3.70. The fourth-order valence-corrected chi connectivity index (χ4v) is 2.88. The highest BCUT2D eigenvalue weighted by atomic mass is 32.2. The van der Waals surface area contributed by atoms with E-state index in [1.54, 1.807) is 19.1 Å². The smallest absolute Gasteiger partial charge is 0.261 e. The van der Waals surface area contributed by atoms with Crippen LogP contribution in [0.5, 0.6) is 0 Å². The van der Waals surface area contributed by atoms with Gasteiger partial charge in [-0.15, -0.1) is 0 Å². The van der Waals surface area contributed by atoms with Gasteiger partial charge in [-0.3, -0.25) is 4.72 Å². The van der Waals surface area contributed by atoms with Gasteiger partial charge in [0, 0.05) is 12.2 Å². The number of anilines is 1. The lowest BCUT2D eigenvalue weighted by atomic mass is 10.2. The first-order valence-electron chi connectivity index (χ1n) is 6.00. The van der Waals surface area contributed by atoms with Crippen molar-refractivity contribution >= 4 is 15.7 Å². The fraction of sp³-hybridized carbons (Fsp3) is 0.143. The normalized spacial score (nSPS) is 11.3. The highest BCUT2D eigenvalue weighted by Gasteiger charge is 2.14. The molecule has 0 aliphatic heterocycles. The van der Waals surface area contributed by atoms with Crippen LogP contribution in [0.15, 0.2) is 47.4 Å². The number of nitrogens with one attached hydrogen (secondary N) is 1. The van der Waals surface area contributed by atoms with Crippen LogP contribution in [0.4, 0.5) is 10.1 Å². The maximum Gasteiger partial charge on any atom is 0.261 e. The summed E-state index contributed by atoms with van der Waals surface area (Å²) in [5, 5.41) is 0. The average Bonchev–Trinajstić information content (AvgIpc) is 2.43. The van der Waals surface area contributed by atoms with Crippen molar-refractivity contribution in [3.63, 3.8) is 0 Å². The fourth-order valence-electron chi connectivity index (χ4n) is 1.76. The summed E-state index contributed by atoms with van der Waals surface area (Å²) in [6.45, 7) is 1.83. The summed E-state index contributed by atoms with van der Waals surface area (Å²) < 4.78 is 40.0. The van der Waals surface area contributed by atoms with Crippen LogP contribution in [-0.4, -0.2) is 8.42 Å². The molecule has 6 heteroatoms. The number of halogens is 1. The minimum Gasteiger partial charge on any atom is -0.326 e. The zero-order valence-corrected chi connectivity index (χ0v) is 11.7. The Labute approximate surface area is 117 Å². The quantitative estimate of drug-likeness (QED) is 0.909. The van der Waals surface area contributed by atoms with E-state index in [2.05, 4.69) is 4.72 Å². The zero-order chi connectivity index (χ0) is 14.8. The van der Waals surface area contributed by atoms with Gasteiger partial charge >= 0.3 is 0 Å². The van der Waals surface area contributed by atoms with Gasteiger partial charge in [0.05, 0.1) is 4.90 Å². The molecule has 0 heterocycles. The van der Waals surface area contributed by atoms with Gasteiger partial charge in [-0.2, -0.15) is 0 Å². The molecule has 0 radical (unpaired) electrons. The SMILES string of the molecule is Cc1cc(NS(=O)(=O)c2cccc(CN)c2)ccc1F. The van der Waals surface area contributed by atoms with Crippen molar-refractivity contribution in [1.82, 2.24) is 0 Å². The van der Waals surface area contributed by atoms with E-state index in [1.807, 2.05) is 0 Å². The van der Waals surface area contributed by atoms with Gasteiger partial charge in [0.15, 0.2) is 0 Å². The van der Waals surface area contributed by atoms with Crippen molar-refractivity contribution in [3.05, 3.63) is 59.4 Å². The van der Waals surface area contributed by atoms with Crippen LogP contribution < -0.4 is 10.5 Å². The number of hydrogen-bond acceptors (Lipinski definition) is 3. The van der Waals surface area contributed by atoms with E-state index in [0.717, 1.165) is 5.56 Å². The van der Waals surface area contributed by atoms with E-state index < -0.39 is 10.0 Å². The number of rotatable bonds is 4. The summed E-state index contributed by atoms with van der Waals surface area (Å²) in [4.78, 5) is 0.127. The number of hydrogen-bond donors (Lipinski definition) is 2. The first-order chi connectivity index (χ1) is 9.42. The Hall–Kier alpha value is -1.92. The Morgan fingerprint density at radius 2 is 1.95 bits per heavy atom. The predicted molar refractivity (Wildman–Crippen MR) is 76.3 cm³/mol. The molecule has 0 unspecified atom stereocenters. The molecular formula is C14H15FN2O2S. The van der Waals surface area contributed by atoms with Crippen LogP contribution in [0.1, 0.15) is 11.1 Å². The first-order valence-corrected chi connectivity index (χ1v) is 7.48. The number of sulfonamides is 1. The van der Waals surface area contributed by atoms with Crippen LogP contribution in [0.2, 0.25) is 0 Å². The van der Waals surface area contributed by atoms with Crippen LogP contribution >= 0.6 is 0 Å². The van der Waals surface area contributed by atoms with Gasteiger partial charge < -0.3 is 5.73 Å². The van der Waals surface area contributed by atoms with Gasteiger partial charge in [-0.25, -0.2) is 12.8 Å². The van der Waals surface area contributed by atoms with Crippen molar-refractivity contribution < 1.29 is 12.8 Å². The number of benzene rings is 2. The zero-order valence-electron chi connectivity index (χ0n) is 10.9. The molecule has 0 aromatic heterocycles. The van der Waals surface area contributed by atoms with E-state index in [9.17, 15) is 12.8 Å². The lowest BCUT2D eigenvalue weighted by Gasteiger charge is -2.10. The molecule has 4 nitrogen and oxygen atoms in total. The molecule has 0 bridgehead atoms.